The lowest BCUT2D eigenvalue weighted by atomic mass is 9.98. The lowest BCUT2D eigenvalue weighted by molar-refractivity contribution is -0.385. The SMILES string of the molecule is Cc1c(NCCOC2CCCCC2)cccc1[N+](=O)[O-]. The number of nitrogens with one attached hydrogen (secondary N) is 1. The maximum absolute atomic E-state index is 10.9. The molecule has 0 amide bonds. The molecule has 0 radical (unpaired) electrons. The summed E-state index contributed by atoms with van der Waals surface area (Å²) in [6.45, 7) is 3.09. The topological polar surface area (TPSA) is 64.4 Å². The molecule has 5 nitrogen and oxygen atoms in total. The van der Waals surface area contributed by atoms with Crippen LogP contribution >= 0.6 is 0 Å². The van der Waals surface area contributed by atoms with Gasteiger partial charge in [-0.2, -0.15) is 0 Å². The van der Waals surface area contributed by atoms with Crippen LogP contribution in [0.25, 0.3) is 0 Å². The minimum atomic E-state index is -0.348. The third kappa shape index (κ3) is 3.93. The number of nitrogens with zero attached hydrogens (tertiary/aromatic N) is 1. The van der Waals surface area contributed by atoms with Gasteiger partial charge in [0.15, 0.2) is 0 Å². The molecular formula is C15H22N2O3. The molecule has 0 unspecified atom stereocenters. The van der Waals surface area contributed by atoms with Crippen LogP contribution in [0.5, 0.6) is 0 Å². The van der Waals surface area contributed by atoms with Crippen LogP contribution in [0.15, 0.2) is 18.2 Å². The van der Waals surface area contributed by atoms with Crippen molar-refractivity contribution >= 4 is 11.4 Å². The van der Waals surface area contributed by atoms with E-state index in [1.165, 1.54) is 25.3 Å². The largest absolute Gasteiger partial charge is 0.382 e. The van der Waals surface area contributed by atoms with Crippen LogP contribution in [0.1, 0.15) is 37.7 Å². The first-order valence-electron chi connectivity index (χ1n) is 7.28. The molecular weight excluding hydrogens is 256 g/mol. The fourth-order valence-corrected chi connectivity index (χ4v) is 2.66. The summed E-state index contributed by atoms with van der Waals surface area (Å²) >= 11 is 0. The fraction of sp³-hybridized carbons (Fsp3) is 0.600. The quantitative estimate of drug-likeness (QED) is 0.490. The predicted molar refractivity (Wildman–Crippen MR) is 79.1 cm³/mol. The Balaban J connectivity index is 1.79. The van der Waals surface area contributed by atoms with Gasteiger partial charge in [0.2, 0.25) is 0 Å². The average Bonchev–Trinajstić information content (AvgIpc) is 2.46. The molecule has 0 heterocycles. The van der Waals surface area contributed by atoms with Crippen LogP contribution in [0.3, 0.4) is 0 Å². The van der Waals surface area contributed by atoms with Gasteiger partial charge in [-0.3, -0.25) is 10.1 Å². The first-order chi connectivity index (χ1) is 9.68. The van der Waals surface area contributed by atoms with E-state index in [2.05, 4.69) is 5.32 Å². The van der Waals surface area contributed by atoms with Gasteiger partial charge < -0.3 is 10.1 Å². The third-order valence-electron chi connectivity index (χ3n) is 3.83. The van der Waals surface area contributed by atoms with Crippen molar-refractivity contribution in [3.8, 4) is 0 Å². The van der Waals surface area contributed by atoms with Gasteiger partial charge in [-0.25, -0.2) is 0 Å². The van der Waals surface area contributed by atoms with Gasteiger partial charge in [-0.1, -0.05) is 25.3 Å². The summed E-state index contributed by atoms with van der Waals surface area (Å²) < 4.78 is 5.83. The van der Waals surface area contributed by atoms with Crippen LogP contribution < -0.4 is 5.32 Å². The number of ether oxygens (including phenoxy) is 1. The second kappa shape index (κ2) is 7.24. The Morgan fingerprint density at radius 1 is 1.35 bits per heavy atom. The minimum absolute atomic E-state index is 0.156. The third-order valence-corrected chi connectivity index (χ3v) is 3.83. The van der Waals surface area contributed by atoms with Crippen molar-refractivity contribution in [3.63, 3.8) is 0 Å². The second-order valence-corrected chi connectivity index (χ2v) is 5.26. The van der Waals surface area contributed by atoms with Crippen LogP contribution in [-0.4, -0.2) is 24.2 Å². The predicted octanol–water partition coefficient (Wildman–Crippen LogP) is 3.66. The Morgan fingerprint density at radius 3 is 2.80 bits per heavy atom. The molecule has 2 rings (SSSR count). The van der Waals surface area contributed by atoms with Crippen LogP contribution in [0, 0.1) is 17.0 Å². The summed E-state index contributed by atoms with van der Waals surface area (Å²) in [6, 6.07) is 5.09. The van der Waals surface area contributed by atoms with E-state index < -0.39 is 0 Å². The van der Waals surface area contributed by atoms with E-state index >= 15 is 0 Å². The van der Waals surface area contributed by atoms with Gasteiger partial charge in [0.1, 0.15) is 0 Å². The molecule has 110 valence electrons. The summed E-state index contributed by atoms with van der Waals surface area (Å²) in [4.78, 5) is 10.5. The van der Waals surface area contributed by atoms with E-state index in [1.807, 2.05) is 6.07 Å². The van der Waals surface area contributed by atoms with Gasteiger partial charge in [0, 0.05) is 23.9 Å². The fourth-order valence-electron chi connectivity index (χ4n) is 2.66. The van der Waals surface area contributed by atoms with Crippen LogP contribution in [0.2, 0.25) is 0 Å². The number of benzene rings is 1. The number of hydrogen-bond donors (Lipinski definition) is 1. The normalized spacial score (nSPS) is 16.1. The first-order valence-corrected chi connectivity index (χ1v) is 7.28. The second-order valence-electron chi connectivity index (χ2n) is 5.26. The van der Waals surface area contributed by atoms with Crippen molar-refractivity contribution in [1.29, 1.82) is 0 Å². The molecule has 0 saturated heterocycles. The average molecular weight is 278 g/mol. The number of anilines is 1. The van der Waals surface area contributed by atoms with Crippen molar-refractivity contribution in [2.45, 2.75) is 45.1 Å². The van der Waals surface area contributed by atoms with E-state index in [-0.39, 0.29) is 10.6 Å². The molecule has 0 spiro atoms. The van der Waals surface area contributed by atoms with Gasteiger partial charge in [-0.15, -0.1) is 0 Å². The summed E-state index contributed by atoms with van der Waals surface area (Å²) in [5.74, 6) is 0. The lowest BCUT2D eigenvalue weighted by Crippen LogP contribution is -2.20. The smallest absolute Gasteiger partial charge is 0.274 e. The molecule has 1 saturated carbocycles. The van der Waals surface area contributed by atoms with E-state index in [0.29, 0.717) is 24.8 Å². The molecule has 0 aromatic heterocycles. The van der Waals surface area contributed by atoms with Crippen molar-refractivity contribution in [2.24, 2.45) is 0 Å². The maximum Gasteiger partial charge on any atom is 0.274 e. The van der Waals surface area contributed by atoms with E-state index in [0.717, 1.165) is 18.5 Å². The van der Waals surface area contributed by atoms with E-state index in [1.54, 1.807) is 13.0 Å². The van der Waals surface area contributed by atoms with Crippen molar-refractivity contribution < 1.29 is 9.66 Å². The van der Waals surface area contributed by atoms with Crippen molar-refractivity contribution in [3.05, 3.63) is 33.9 Å². The van der Waals surface area contributed by atoms with E-state index in [4.69, 9.17) is 4.74 Å². The Morgan fingerprint density at radius 2 is 2.10 bits per heavy atom. The molecule has 1 aliphatic carbocycles. The molecule has 1 fully saturated rings. The summed E-state index contributed by atoms with van der Waals surface area (Å²) in [6.07, 6.45) is 6.58. The maximum atomic E-state index is 10.9. The van der Waals surface area contributed by atoms with Crippen molar-refractivity contribution in [2.75, 3.05) is 18.5 Å². The van der Waals surface area contributed by atoms with Gasteiger partial charge in [0.05, 0.1) is 17.6 Å². The van der Waals surface area contributed by atoms with E-state index in [9.17, 15) is 10.1 Å². The number of hydrogen-bond acceptors (Lipinski definition) is 4. The number of rotatable bonds is 6. The highest BCUT2D eigenvalue weighted by molar-refractivity contribution is 5.59. The van der Waals surface area contributed by atoms with Gasteiger partial charge in [-0.05, 0) is 25.8 Å². The Bertz CT molecular complexity index is 456. The van der Waals surface area contributed by atoms with Crippen LogP contribution in [-0.2, 0) is 4.74 Å². The summed E-state index contributed by atoms with van der Waals surface area (Å²) in [5, 5.41) is 14.1. The molecule has 0 atom stereocenters. The molecule has 1 aromatic carbocycles. The Kier molecular flexibility index (Phi) is 5.35. The first kappa shape index (κ1) is 14.8. The highest BCUT2D eigenvalue weighted by atomic mass is 16.6. The summed E-state index contributed by atoms with van der Waals surface area (Å²) in [7, 11) is 0. The molecule has 0 bridgehead atoms. The zero-order chi connectivity index (χ0) is 14.4. The lowest BCUT2D eigenvalue weighted by Gasteiger charge is -2.22. The molecule has 0 aliphatic heterocycles. The standard InChI is InChI=1S/C15H22N2O3/c1-12-14(8-5-9-15(12)17(18)19)16-10-11-20-13-6-3-2-4-7-13/h5,8-9,13,16H,2-4,6-7,10-11H2,1H3. The molecule has 1 aliphatic rings. The van der Waals surface area contributed by atoms with Crippen molar-refractivity contribution in [1.82, 2.24) is 0 Å². The zero-order valence-electron chi connectivity index (χ0n) is 11.9. The number of nitro benzene ring substituents is 1. The minimum Gasteiger partial charge on any atom is -0.382 e. The van der Waals surface area contributed by atoms with Crippen LogP contribution in [0.4, 0.5) is 11.4 Å². The molecule has 5 heteroatoms. The van der Waals surface area contributed by atoms with Gasteiger partial charge in [0.25, 0.3) is 5.69 Å². The molecule has 1 aromatic rings. The zero-order valence-corrected chi connectivity index (χ0v) is 11.9. The highest BCUT2D eigenvalue weighted by Crippen LogP contribution is 2.25. The monoisotopic (exact) mass is 278 g/mol. The number of nitro groups is 1. The Labute approximate surface area is 119 Å². The summed E-state index contributed by atoms with van der Waals surface area (Å²) in [5.41, 5.74) is 1.64. The highest BCUT2D eigenvalue weighted by Gasteiger charge is 2.14. The van der Waals surface area contributed by atoms with Gasteiger partial charge >= 0.3 is 0 Å². The molecule has 1 N–H and O–H groups in total. The Hall–Kier alpha value is -1.62. The molecule has 20 heavy (non-hydrogen) atoms.